The smallest absolute Gasteiger partial charge is 0.253 e. The van der Waals surface area contributed by atoms with E-state index in [2.05, 4.69) is 15.3 Å². The van der Waals surface area contributed by atoms with Gasteiger partial charge >= 0.3 is 0 Å². The molecule has 4 aromatic rings. The third kappa shape index (κ3) is 5.55. The predicted molar refractivity (Wildman–Crippen MR) is 138 cm³/mol. The maximum atomic E-state index is 12.7. The van der Waals surface area contributed by atoms with Crippen LogP contribution in [0.3, 0.4) is 0 Å². The van der Waals surface area contributed by atoms with E-state index in [0.29, 0.717) is 35.3 Å². The first-order valence-corrected chi connectivity index (χ1v) is 10.7. The van der Waals surface area contributed by atoms with Gasteiger partial charge in [-0.2, -0.15) is 0 Å². The molecule has 0 saturated heterocycles. The van der Waals surface area contributed by atoms with E-state index in [1.165, 1.54) is 6.20 Å². The van der Waals surface area contributed by atoms with Gasteiger partial charge in [0.25, 0.3) is 5.91 Å². The lowest BCUT2D eigenvalue weighted by Gasteiger charge is -2.20. The number of aromatic nitrogens is 2. The molecule has 8 heteroatoms. The molecule has 2 aromatic heterocycles. The second kappa shape index (κ2) is 10.9. The molecule has 0 fully saturated rings. The maximum Gasteiger partial charge on any atom is 0.253 e. The summed E-state index contributed by atoms with van der Waals surface area (Å²) in [6, 6.07) is 17.1. The summed E-state index contributed by atoms with van der Waals surface area (Å²) in [5.74, 6) is 1.64. The van der Waals surface area contributed by atoms with E-state index in [-0.39, 0.29) is 13.3 Å². The summed E-state index contributed by atoms with van der Waals surface area (Å²) in [7, 11) is 3.54. The fourth-order valence-electron chi connectivity index (χ4n) is 3.56. The largest absolute Gasteiger partial charge is 0.497 e. The number of anilines is 2. The van der Waals surface area contributed by atoms with Crippen LogP contribution < -0.4 is 20.7 Å². The van der Waals surface area contributed by atoms with Gasteiger partial charge in [0.2, 0.25) is 0 Å². The van der Waals surface area contributed by atoms with Crippen molar-refractivity contribution >= 4 is 39.9 Å². The Balaban J connectivity index is 0.00000324. The topological polar surface area (TPSA) is 93.4 Å². The van der Waals surface area contributed by atoms with Crippen LogP contribution in [-0.2, 0) is 13.1 Å². The minimum Gasteiger partial charge on any atom is -0.497 e. The Hall–Kier alpha value is -3.84. The number of carbonyl (C=O) groups excluding carboxylic acids is 1. The van der Waals surface area contributed by atoms with Crippen molar-refractivity contribution in [3.8, 4) is 5.75 Å². The van der Waals surface area contributed by atoms with Crippen molar-refractivity contribution in [1.82, 2.24) is 15.3 Å². The van der Waals surface area contributed by atoms with Gasteiger partial charge in [-0.1, -0.05) is 43.3 Å². The summed E-state index contributed by atoms with van der Waals surface area (Å²) in [6.07, 6.45) is 3.20. The SMILES string of the molecule is C.COc1ccc(CN(C)c2ncc(C(=O)NCc3ccc4c(N)nccc4c3)cc2Cl)cc1. The van der Waals surface area contributed by atoms with Crippen molar-refractivity contribution in [1.29, 1.82) is 0 Å². The van der Waals surface area contributed by atoms with Crippen LogP contribution in [0.4, 0.5) is 11.6 Å². The molecule has 0 aliphatic carbocycles. The molecule has 4 rings (SSSR count). The molecule has 2 heterocycles. The van der Waals surface area contributed by atoms with E-state index in [0.717, 1.165) is 27.6 Å². The molecule has 176 valence electrons. The molecule has 34 heavy (non-hydrogen) atoms. The molecule has 7 nitrogen and oxygen atoms in total. The van der Waals surface area contributed by atoms with E-state index in [9.17, 15) is 4.79 Å². The lowest BCUT2D eigenvalue weighted by molar-refractivity contribution is 0.0950. The zero-order valence-corrected chi connectivity index (χ0v) is 19.1. The third-order valence-corrected chi connectivity index (χ3v) is 5.62. The summed E-state index contributed by atoms with van der Waals surface area (Å²) in [4.78, 5) is 23.1. The molecule has 0 aliphatic heterocycles. The lowest BCUT2D eigenvalue weighted by atomic mass is 10.1. The molecule has 0 bridgehead atoms. The number of rotatable bonds is 7. The Morgan fingerprint density at radius 3 is 2.53 bits per heavy atom. The number of hydrogen-bond acceptors (Lipinski definition) is 6. The molecule has 2 aromatic carbocycles. The molecule has 0 spiro atoms. The molecule has 0 saturated carbocycles. The molecular weight excluding hydrogens is 450 g/mol. The molecule has 0 radical (unpaired) electrons. The average Bonchev–Trinajstić information content (AvgIpc) is 2.83. The Bertz CT molecular complexity index is 1290. The van der Waals surface area contributed by atoms with Gasteiger partial charge in [-0.15, -0.1) is 0 Å². The molecule has 3 N–H and O–H groups in total. The monoisotopic (exact) mass is 477 g/mol. The van der Waals surface area contributed by atoms with Crippen molar-refractivity contribution in [2.24, 2.45) is 0 Å². The quantitative estimate of drug-likeness (QED) is 0.385. The zero-order valence-electron chi connectivity index (χ0n) is 18.4. The highest BCUT2D eigenvalue weighted by atomic mass is 35.5. The first kappa shape index (κ1) is 24.8. The number of nitrogen functional groups attached to an aromatic ring is 1. The first-order chi connectivity index (χ1) is 15.9. The van der Waals surface area contributed by atoms with E-state index in [1.807, 2.05) is 60.5 Å². The Morgan fingerprint density at radius 2 is 1.82 bits per heavy atom. The van der Waals surface area contributed by atoms with Gasteiger partial charge < -0.3 is 20.7 Å². The summed E-state index contributed by atoms with van der Waals surface area (Å²) in [5, 5.41) is 5.18. The second-order valence-corrected chi connectivity index (χ2v) is 8.08. The Kier molecular flexibility index (Phi) is 7.91. The summed E-state index contributed by atoms with van der Waals surface area (Å²) in [5.41, 5.74) is 8.34. The van der Waals surface area contributed by atoms with Crippen LogP contribution in [0.5, 0.6) is 5.75 Å². The zero-order chi connectivity index (χ0) is 23.4. The Morgan fingerprint density at radius 1 is 1.09 bits per heavy atom. The molecule has 0 atom stereocenters. The van der Waals surface area contributed by atoms with Crippen molar-refractivity contribution in [2.45, 2.75) is 20.5 Å². The first-order valence-electron chi connectivity index (χ1n) is 10.4. The van der Waals surface area contributed by atoms with Crippen LogP contribution in [0.25, 0.3) is 10.8 Å². The van der Waals surface area contributed by atoms with Crippen LogP contribution in [0.2, 0.25) is 5.02 Å². The number of halogens is 1. The van der Waals surface area contributed by atoms with Crippen LogP contribution >= 0.6 is 11.6 Å². The van der Waals surface area contributed by atoms with Gasteiger partial charge in [0, 0.05) is 37.9 Å². The van der Waals surface area contributed by atoms with Gasteiger partial charge in [-0.3, -0.25) is 4.79 Å². The number of nitrogens with two attached hydrogens (primary N) is 1. The van der Waals surface area contributed by atoms with Crippen LogP contribution in [0.15, 0.2) is 67.0 Å². The van der Waals surface area contributed by atoms with Crippen LogP contribution in [-0.4, -0.2) is 30.0 Å². The maximum absolute atomic E-state index is 12.7. The van der Waals surface area contributed by atoms with Gasteiger partial charge in [0.15, 0.2) is 0 Å². The van der Waals surface area contributed by atoms with E-state index in [4.69, 9.17) is 22.1 Å². The summed E-state index contributed by atoms with van der Waals surface area (Å²) >= 11 is 6.46. The number of amides is 1. The standard InChI is InChI=1S/C25H24ClN5O2.CH4/c1-31(15-16-3-6-20(33-2)7-4-16)24-22(26)12-19(14-29-24)25(32)30-13-17-5-8-21-18(11-17)9-10-28-23(21)27;/h3-12,14H,13,15H2,1-2H3,(H2,27,28)(H,30,32);1H4. The highest BCUT2D eigenvalue weighted by Gasteiger charge is 2.13. The fourth-order valence-corrected chi connectivity index (χ4v) is 3.87. The van der Waals surface area contributed by atoms with Crippen molar-refractivity contribution < 1.29 is 9.53 Å². The molecular formula is C26H28ClN5O2. The van der Waals surface area contributed by atoms with Gasteiger partial charge in [-0.05, 0) is 46.8 Å². The normalized spacial score (nSPS) is 10.4. The number of pyridine rings is 2. The third-order valence-electron chi connectivity index (χ3n) is 5.34. The van der Waals surface area contributed by atoms with Crippen molar-refractivity contribution in [2.75, 3.05) is 24.8 Å². The molecule has 0 unspecified atom stereocenters. The fraction of sp³-hybridized carbons (Fsp3) is 0.192. The van der Waals surface area contributed by atoms with E-state index in [1.54, 1.807) is 19.4 Å². The van der Waals surface area contributed by atoms with E-state index >= 15 is 0 Å². The molecule has 0 aliphatic rings. The average molecular weight is 478 g/mol. The van der Waals surface area contributed by atoms with Gasteiger partial charge in [0.1, 0.15) is 17.4 Å². The Labute approximate surface area is 204 Å². The van der Waals surface area contributed by atoms with Gasteiger partial charge in [-0.25, -0.2) is 9.97 Å². The summed E-state index contributed by atoms with van der Waals surface area (Å²) < 4.78 is 5.19. The number of nitrogens with one attached hydrogen (secondary N) is 1. The number of fused-ring (bicyclic) bond motifs is 1. The lowest BCUT2D eigenvalue weighted by Crippen LogP contribution is -2.24. The van der Waals surface area contributed by atoms with Crippen LogP contribution in [0, 0.1) is 0 Å². The minimum atomic E-state index is -0.247. The minimum absolute atomic E-state index is 0. The highest BCUT2D eigenvalue weighted by Crippen LogP contribution is 2.25. The van der Waals surface area contributed by atoms with Crippen molar-refractivity contribution in [3.05, 3.63) is 88.7 Å². The number of nitrogens with zero attached hydrogens (tertiary/aromatic N) is 3. The van der Waals surface area contributed by atoms with Crippen LogP contribution in [0.1, 0.15) is 28.9 Å². The number of benzene rings is 2. The molecule has 1 amide bonds. The highest BCUT2D eigenvalue weighted by molar-refractivity contribution is 6.33. The predicted octanol–water partition coefficient (Wildman–Crippen LogP) is 5.08. The second-order valence-electron chi connectivity index (χ2n) is 7.67. The number of carbonyl (C=O) groups is 1. The summed E-state index contributed by atoms with van der Waals surface area (Å²) in [6.45, 7) is 0.984. The number of ether oxygens (including phenoxy) is 1. The number of methoxy groups -OCH3 is 1. The van der Waals surface area contributed by atoms with Crippen molar-refractivity contribution in [3.63, 3.8) is 0 Å². The van der Waals surface area contributed by atoms with Gasteiger partial charge in [0.05, 0.1) is 17.7 Å². The van der Waals surface area contributed by atoms with E-state index < -0.39 is 0 Å². The number of hydrogen-bond donors (Lipinski definition) is 2.